The Morgan fingerprint density at radius 3 is 2.70 bits per heavy atom. The predicted octanol–water partition coefficient (Wildman–Crippen LogP) is 3.03. The fourth-order valence-corrected chi connectivity index (χ4v) is 5.50. The number of alkyl halides is 3. The first-order valence-corrected chi connectivity index (χ1v) is 11.6. The highest BCUT2D eigenvalue weighted by atomic mass is 35.5. The summed E-state index contributed by atoms with van der Waals surface area (Å²) >= 11 is 5.79. The molecule has 1 N–H and O–H groups in total. The highest BCUT2D eigenvalue weighted by Gasteiger charge is 2.46. The Labute approximate surface area is 190 Å². The molecule has 0 aromatic carbocycles. The Bertz CT molecular complexity index is 1330. The van der Waals surface area contributed by atoms with E-state index in [-0.39, 0.29) is 39.6 Å². The Hall–Kier alpha value is -3.06. The number of pyridine rings is 2. The molecule has 176 valence electrons. The lowest BCUT2D eigenvalue weighted by atomic mass is 10.1. The largest absolute Gasteiger partial charge is 0.478 e. The fraction of sp³-hybridized carbons (Fsp3) is 0.316. The maximum absolute atomic E-state index is 12.5. The van der Waals surface area contributed by atoms with Crippen LogP contribution in [0.1, 0.15) is 17.4 Å². The molecule has 1 amide bonds. The van der Waals surface area contributed by atoms with Crippen molar-refractivity contribution in [2.75, 3.05) is 18.1 Å². The van der Waals surface area contributed by atoms with Gasteiger partial charge in [0.15, 0.2) is 27.9 Å². The molecule has 9 nitrogen and oxygen atoms in total. The van der Waals surface area contributed by atoms with Crippen molar-refractivity contribution in [2.45, 2.75) is 18.6 Å². The molecule has 1 fully saturated rings. The number of sulfone groups is 1. The van der Waals surface area contributed by atoms with E-state index in [1.165, 1.54) is 35.1 Å². The van der Waals surface area contributed by atoms with Crippen LogP contribution in [0.15, 0.2) is 36.7 Å². The van der Waals surface area contributed by atoms with Crippen molar-refractivity contribution >= 4 is 32.9 Å². The smallest absolute Gasteiger partial charge is 0.422 e. The fourth-order valence-electron chi connectivity index (χ4n) is 3.35. The minimum atomic E-state index is -4.56. The average molecular weight is 505 g/mol. The normalized spacial score (nSPS) is 16.8. The molecule has 0 spiro atoms. The van der Waals surface area contributed by atoms with Crippen molar-refractivity contribution in [3.8, 4) is 17.4 Å². The van der Waals surface area contributed by atoms with Gasteiger partial charge in [0, 0.05) is 24.5 Å². The van der Waals surface area contributed by atoms with Crippen molar-refractivity contribution < 1.29 is 35.9 Å². The van der Waals surface area contributed by atoms with E-state index in [9.17, 15) is 26.4 Å². The van der Waals surface area contributed by atoms with E-state index in [1.54, 1.807) is 6.92 Å². The number of hydrogen-bond acceptors (Lipinski definition) is 7. The minimum Gasteiger partial charge on any atom is -0.478 e. The Kier molecular flexibility index (Phi) is 5.65. The standard InChI is InChI=1S/C19H16ClF3N4O5S/c1-18(9-33(29,30)10-18)25-16(28)14-6-12-5-13(2-3-27(12)26-14)32-17-15(4-11(20)7-24-17)31-8-19(21,22)23/h2-7H,8-10H2,1H3,(H,25,28). The zero-order valence-corrected chi connectivity index (χ0v) is 18.5. The van der Waals surface area contributed by atoms with E-state index in [2.05, 4.69) is 15.4 Å². The molecule has 1 aliphatic heterocycles. The van der Waals surface area contributed by atoms with Gasteiger partial charge < -0.3 is 14.8 Å². The highest BCUT2D eigenvalue weighted by Crippen LogP contribution is 2.33. The SMILES string of the molecule is CC1(NC(=O)c2cc3cc(Oc4ncc(Cl)cc4OCC(F)(F)F)ccn3n2)CS(=O)(=O)C1. The van der Waals surface area contributed by atoms with Crippen LogP contribution in [0.5, 0.6) is 17.4 Å². The van der Waals surface area contributed by atoms with E-state index in [1.807, 2.05) is 0 Å². The van der Waals surface area contributed by atoms with Crippen LogP contribution in [-0.4, -0.2) is 58.8 Å². The van der Waals surface area contributed by atoms with Crippen LogP contribution in [0.4, 0.5) is 13.2 Å². The number of fused-ring (bicyclic) bond motifs is 1. The molecule has 33 heavy (non-hydrogen) atoms. The molecule has 4 rings (SSSR count). The van der Waals surface area contributed by atoms with Gasteiger partial charge in [-0.3, -0.25) is 4.79 Å². The van der Waals surface area contributed by atoms with Crippen LogP contribution in [-0.2, 0) is 9.84 Å². The summed E-state index contributed by atoms with van der Waals surface area (Å²) in [7, 11) is -3.14. The van der Waals surface area contributed by atoms with Gasteiger partial charge in [-0.05, 0) is 19.1 Å². The number of carbonyl (C=O) groups excluding carboxylic acids is 1. The van der Waals surface area contributed by atoms with Crippen molar-refractivity contribution in [3.05, 3.63) is 47.4 Å². The van der Waals surface area contributed by atoms with Gasteiger partial charge in [-0.1, -0.05) is 11.6 Å². The van der Waals surface area contributed by atoms with Gasteiger partial charge in [0.1, 0.15) is 5.75 Å². The molecule has 0 aliphatic carbocycles. The summed E-state index contributed by atoms with van der Waals surface area (Å²) in [6, 6.07) is 5.56. The lowest BCUT2D eigenvalue weighted by Gasteiger charge is -2.38. The summed E-state index contributed by atoms with van der Waals surface area (Å²) in [6.07, 6.45) is -1.89. The van der Waals surface area contributed by atoms with Gasteiger partial charge >= 0.3 is 6.18 Å². The van der Waals surface area contributed by atoms with E-state index in [0.29, 0.717) is 5.52 Å². The molecule has 0 unspecified atom stereocenters. The van der Waals surface area contributed by atoms with Crippen LogP contribution in [0.3, 0.4) is 0 Å². The zero-order chi connectivity index (χ0) is 24.0. The monoisotopic (exact) mass is 504 g/mol. The van der Waals surface area contributed by atoms with Crippen molar-refractivity contribution in [1.82, 2.24) is 19.9 Å². The summed E-state index contributed by atoms with van der Waals surface area (Å²) in [5, 5.41) is 6.87. The summed E-state index contributed by atoms with van der Waals surface area (Å²) in [5.41, 5.74) is -0.361. The Balaban J connectivity index is 1.52. The number of amides is 1. The van der Waals surface area contributed by atoms with Crippen LogP contribution >= 0.6 is 11.6 Å². The molecule has 0 atom stereocenters. The third kappa shape index (κ3) is 5.47. The van der Waals surface area contributed by atoms with Crippen LogP contribution < -0.4 is 14.8 Å². The van der Waals surface area contributed by atoms with E-state index in [0.717, 1.165) is 6.07 Å². The second-order valence-corrected chi connectivity index (χ2v) is 10.3. The second-order valence-electron chi connectivity index (χ2n) is 7.77. The van der Waals surface area contributed by atoms with Crippen LogP contribution in [0.25, 0.3) is 5.52 Å². The van der Waals surface area contributed by atoms with Crippen molar-refractivity contribution in [3.63, 3.8) is 0 Å². The summed E-state index contributed by atoms with van der Waals surface area (Å²) in [5.74, 6) is -1.17. The van der Waals surface area contributed by atoms with Gasteiger partial charge in [0.25, 0.3) is 11.8 Å². The summed E-state index contributed by atoms with van der Waals surface area (Å²) in [4.78, 5) is 16.4. The number of rotatable bonds is 6. The minimum absolute atomic E-state index is 0.0523. The molecule has 1 aliphatic rings. The van der Waals surface area contributed by atoms with Gasteiger partial charge in [-0.2, -0.15) is 18.3 Å². The third-order valence-electron chi connectivity index (χ3n) is 4.55. The molecular formula is C19H16ClF3N4O5S. The first-order valence-electron chi connectivity index (χ1n) is 9.36. The number of aromatic nitrogens is 3. The Morgan fingerprint density at radius 1 is 1.30 bits per heavy atom. The molecule has 3 aromatic rings. The second kappa shape index (κ2) is 8.06. The number of hydrogen-bond donors (Lipinski definition) is 1. The highest BCUT2D eigenvalue weighted by molar-refractivity contribution is 7.93. The quantitative estimate of drug-likeness (QED) is 0.549. The van der Waals surface area contributed by atoms with Gasteiger partial charge in [-0.25, -0.2) is 17.9 Å². The summed E-state index contributed by atoms with van der Waals surface area (Å²) < 4.78 is 72.1. The lowest BCUT2D eigenvalue weighted by Crippen LogP contribution is -2.63. The summed E-state index contributed by atoms with van der Waals surface area (Å²) in [6.45, 7) is 0.0803. The third-order valence-corrected chi connectivity index (χ3v) is 6.91. The first kappa shape index (κ1) is 23.1. The molecule has 0 radical (unpaired) electrons. The molecule has 0 bridgehead atoms. The van der Waals surface area contributed by atoms with Crippen LogP contribution in [0.2, 0.25) is 5.02 Å². The number of halogens is 4. The van der Waals surface area contributed by atoms with Crippen molar-refractivity contribution in [1.29, 1.82) is 0 Å². The van der Waals surface area contributed by atoms with Crippen LogP contribution in [0, 0.1) is 0 Å². The molecule has 0 saturated carbocycles. The maximum atomic E-state index is 12.5. The molecule has 3 aromatic heterocycles. The molecule has 14 heteroatoms. The van der Waals surface area contributed by atoms with E-state index >= 15 is 0 Å². The number of nitrogens with zero attached hydrogens (tertiary/aromatic N) is 3. The molecular weight excluding hydrogens is 489 g/mol. The first-order chi connectivity index (χ1) is 15.3. The maximum Gasteiger partial charge on any atom is 0.422 e. The average Bonchev–Trinajstić information content (AvgIpc) is 3.09. The number of ether oxygens (including phenoxy) is 2. The Morgan fingerprint density at radius 2 is 2.03 bits per heavy atom. The van der Waals surface area contributed by atoms with Gasteiger partial charge in [0.05, 0.1) is 27.6 Å². The van der Waals surface area contributed by atoms with Gasteiger partial charge in [-0.15, -0.1) is 0 Å². The van der Waals surface area contributed by atoms with E-state index < -0.39 is 34.1 Å². The number of carbonyl (C=O) groups is 1. The molecule has 1 saturated heterocycles. The lowest BCUT2D eigenvalue weighted by molar-refractivity contribution is -0.153. The number of nitrogens with one attached hydrogen (secondary N) is 1. The topological polar surface area (TPSA) is 112 Å². The van der Waals surface area contributed by atoms with Gasteiger partial charge in [0.2, 0.25) is 0 Å². The predicted molar refractivity (Wildman–Crippen MR) is 111 cm³/mol. The molecule has 4 heterocycles. The zero-order valence-electron chi connectivity index (χ0n) is 16.9. The van der Waals surface area contributed by atoms with Crippen molar-refractivity contribution in [2.24, 2.45) is 0 Å². The van der Waals surface area contributed by atoms with E-state index in [4.69, 9.17) is 21.1 Å².